The second-order valence-electron chi connectivity index (χ2n) is 8.30. The van der Waals surface area contributed by atoms with E-state index in [0.717, 1.165) is 55.9 Å². The number of carbonyl (C=O) groups excluding carboxylic acids is 1. The molecule has 0 spiro atoms. The minimum Gasteiger partial charge on any atom is -0.379 e. The molecular weight excluding hydrogens is 467 g/mol. The van der Waals surface area contributed by atoms with E-state index in [-0.39, 0.29) is 17.7 Å². The van der Waals surface area contributed by atoms with Crippen molar-refractivity contribution in [3.05, 3.63) is 59.7 Å². The lowest BCUT2D eigenvalue weighted by Gasteiger charge is -2.29. The summed E-state index contributed by atoms with van der Waals surface area (Å²) in [4.78, 5) is 14.0. The molecule has 0 fully saturated rings. The Balaban J connectivity index is 2.10. The zero-order chi connectivity index (χ0) is 25.4. The Morgan fingerprint density at radius 2 is 1.71 bits per heavy atom. The van der Waals surface area contributed by atoms with E-state index in [0.29, 0.717) is 19.0 Å². The third-order valence-electron chi connectivity index (χ3n) is 5.62. The van der Waals surface area contributed by atoms with Crippen molar-refractivity contribution in [2.24, 2.45) is 0 Å². The van der Waals surface area contributed by atoms with Crippen LogP contribution >= 0.6 is 0 Å². The summed E-state index contributed by atoms with van der Waals surface area (Å²) in [6, 6.07) is 9.62. The van der Waals surface area contributed by atoms with Crippen molar-refractivity contribution < 1.29 is 30.6 Å². The number of carbonyl (C=O) groups is 1. The van der Waals surface area contributed by atoms with Crippen LogP contribution < -0.4 is 4.18 Å². The number of hydrogen-bond acceptors (Lipinski definition) is 4. The Hall–Kier alpha value is -2.55. The normalized spacial score (nSPS) is 12.9. The average molecular weight is 500 g/mol. The van der Waals surface area contributed by atoms with E-state index >= 15 is 0 Å². The van der Waals surface area contributed by atoms with Gasteiger partial charge in [-0.3, -0.25) is 4.79 Å². The minimum atomic E-state index is -4.66. The van der Waals surface area contributed by atoms with Gasteiger partial charge in [-0.25, -0.2) is 0 Å². The van der Waals surface area contributed by atoms with Crippen LogP contribution in [0.4, 0.5) is 13.2 Å². The number of nitrogens with zero attached hydrogens (tertiary/aromatic N) is 1. The number of amides is 1. The predicted molar refractivity (Wildman–Crippen MR) is 125 cm³/mol. The second-order valence-corrected chi connectivity index (χ2v) is 9.84. The molecule has 9 heteroatoms. The number of halogens is 3. The van der Waals surface area contributed by atoms with Crippen molar-refractivity contribution >= 4 is 16.0 Å². The molecule has 0 aliphatic rings. The van der Waals surface area contributed by atoms with Crippen LogP contribution in [0.1, 0.15) is 70.4 Å². The molecule has 1 unspecified atom stereocenters. The van der Waals surface area contributed by atoms with Crippen molar-refractivity contribution in [1.82, 2.24) is 4.90 Å². The zero-order valence-corrected chi connectivity index (χ0v) is 20.6. The van der Waals surface area contributed by atoms with Crippen molar-refractivity contribution in [2.75, 3.05) is 0 Å². The van der Waals surface area contributed by atoms with Crippen molar-refractivity contribution in [1.29, 1.82) is 0 Å². The summed E-state index contributed by atoms with van der Waals surface area (Å²) in [5, 5.41) is 0. The first-order chi connectivity index (χ1) is 16.0. The maximum absolute atomic E-state index is 12.9. The molecule has 0 N–H and O–H groups in total. The molecule has 2 aromatic rings. The standard InChI is InChI=1S/C25H32F3NO4S/c1-4-6-7-8-12-24(30)29(19(3)5-2)18-20-13-15-22(16-14-20)33-34(31,32)23-11-9-10-21(17-23)25(26,27)28/h9-11,13-17,19H,4-8,12,18H2,1-3H3. The summed E-state index contributed by atoms with van der Waals surface area (Å²) in [5.74, 6) is 0.0556. The van der Waals surface area contributed by atoms with Gasteiger partial charge < -0.3 is 9.08 Å². The van der Waals surface area contributed by atoms with Crippen LogP contribution in [0.5, 0.6) is 5.75 Å². The summed E-state index contributed by atoms with van der Waals surface area (Å²) >= 11 is 0. The maximum Gasteiger partial charge on any atom is 0.416 e. The van der Waals surface area contributed by atoms with E-state index < -0.39 is 26.8 Å². The molecule has 0 radical (unpaired) electrons. The van der Waals surface area contributed by atoms with E-state index in [2.05, 4.69) is 6.92 Å². The van der Waals surface area contributed by atoms with Crippen LogP contribution in [0.2, 0.25) is 0 Å². The van der Waals surface area contributed by atoms with E-state index in [1.54, 1.807) is 12.1 Å². The van der Waals surface area contributed by atoms with Gasteiger partial charge in [0.2, 0.25) is 5.91 Å². The molecule has 0 heterocycles. The third-order valence-corrected chi connectivity index (χ3v) is 6.86. The van der Waals surface area contributed by atoms with Gasteiger partial charge in [-0.05, 0) is 55.7 Å². The molecule has 0 bridgehead atoms. The lowest BCUT2D eigenvalue weighted by molar-refractivity contribution is -0.137. The van der Waals surface area contributed by atoms with E-state index in [9.17, 15) is 26.4 Å². The Labute approximate surface area is 200 Å². The van der Waals surface area contributed by atoms with Gasteiger partial charge in [0, 0.05) is 19.0 Å². The molecular formula is C25H32F3NO4S. The van der Waals surface area contributed by atoms with Gasteiger partial charge >= 0.3 is 16.3 Å². The van der Waals surface area contributed by atoms with E-state index in [4.69, 9.17) is 4.18 Å². The number of rotatable bonds is 12. The highest BCUT2D eigenvalue weighted by molar-refractivity contribution is 7.87. The second kappa shape index (κ2) is 12.2. The largest absolute Gasteiger partial charge is 0.416 e. The van der Waals surface area contributed by atoms with Gasteiger partial charge in [0.05, 0.1) is 5.56 Å². The molecule has 0 aromatic heterocycles. The van der Waals surface area contributed by atoms with Crippen LogP contribution in [-0.4, -0.2) is 25.3 Å². The molecule has 0 aliphatic heterocycles. The topological polar surface area (TPSA) is 63.7 Å². The molecule has 188 valence electrons. The average Bonchev–Trinajstić information content (AvgIpc) is 2.80. The fourth-order valence-corrected chi connectivity index (χ4v) is 4.38. The van der Waals surface area contributed by atoms with Crippen molar-refractivity contribution in [3.63, 3.8) is 0 Å². The number of benzene rings is 2. The predicted octanol–water partition coefficient (Wildman–Crippen LogP) is 6.57. The highest BCUT2D eigenvalue weighted by Crippen LogP contribution is 2.31. The zero-order valence-electron chi connectivity index (χ0n) is 19.8. The monoisotopic (exact) mass is 499 g/mol. The Kier molecular flexibility index (Phi) is 9.97. The number of alkyl halides is 3. The van der Waals surface area contributed by atoms with Crippen LogP contribution in [0.25, 0.3) is 0 Å². The summed E-state index contributed by atoms with van der Waals surface area (Å²) in [6.07, 6.45) is 0.686. The van der Waals surface area contributed by atoms with E-state index in [1.807, 2.05) is 18.7 Å². The molecule has 2 rings (SSSR count). The van der Waals surface area contributed by atoms with Gasteiger partial charge in [-0.1, -0.05) is 51.3 Å². The Morgan fingerprint density at radius 1 is 1.03 bits per heavy atom. The number of hydrogen-bond donors (Lipinski definition) is 0. The van der Waals surface area contributed by atoms with E-state index in [1.165, 1.54) is 12.1 Å². The highest BCUT2D eigenvalue weighted by Gasteiger charge is 2.32. The minimum absolute atomic E-state index is 0.0258. The fourth-order valence-electron chi connectivity index (χ4n) is 3.41. The van der Waals surface area contributed by atoms with Gasteiger partial charge in [0.1, 0.15) is 10.6 Å². The van der Waals surface area contributed by atoms with Crippen LogP contribution in [0.15, 0.2) is 53.4 Å². The maximum atomic E-state index is 12.9. The van der Waals surface area contributed by atoms with Gasteiger partial charge in [0.15, 0.2) is 0 Å². The first-order valence-corrected chi connectivity index (χ1v) is 12.9. The summed E-state index contributed by atoms with van der Waals surface area (Å²) in [6.45, 7) is 6.49. The lowest BCUT2D eigenvalue weighted by atomic mass is 10.1. The first-order valence-electron chi connectivity index (χ1n) is 11.5. The van der Waals surface area contributed by atoms with Gasteiger partial charge in [-0.15, -0.1) is 0 Å². The van der Waals surface area contributed by atoms with Crippen LogP contribution in [-0.2, 0) is 27.6 Å². The smallest absolute Gasteiger partial charge is 0.379 e. The van der Waals surface area contributed by atoms with Crippen molar-refractivity contribution in [3.8, 4) is 5.75 Å². The van der Waals surface area contributed by atoms with Crippen LogP contribution in [0, 0.1) is 0 Å². The van der Waals surface area contributed by atoms with Crippen molar-refractivity contribution in [2.45, 2.75) is 83.0 Å². The first kappa shape index (κ1) is 27.7. The molecule has 0 saturated heterocycles. The quantitative estimate of drug-likeness (QED) is 0.245. The van der Waals surface area contributed by atoms with Crippen LogP contribution in [0.3, 0.4) is 0 Å². The molecule has 0 aliphatic carbocycles. The van der Waals surface area contributed by atoms with Gasteiger partial charge in [-0.2, -0.15) is 21.6 Å². The Bertz CT molecular complexity index is 1040. The summed E-state index contributed by atoms with van der Waals surface area (Å²) in [5.41, 5.74) is -0.275. The third kappa shape index (κ3) is 8.04. The highest BCUT2D eigenvalue weighted by atomic mass is 32.2. The lowest BCUT2D eigenvalue weighted by Crippen LogP contribution is -2.37. The fraction of sp³-hybridized carbons (Fsp3) is 0.480. The molecule has 34 heavy (non-hydrogen) atoms. The molecule has 5 nitrogen and oxygen atoms in total. The summed E-state index contributed by atoms with van der Waals surface area (Å²) < 4.78 is 68.7. The molecule has 2 aromatic carbocycles. The number of unbranched alkanes of at least 4 members (excludes halogenated alkanes) is 3. The van der Waals surface area contributed by atoms with Gasteiger partial charge in [0.25, 0.3) is 0 Å². The molecule has 0 saturated carbocycles. The molecule has 1 atom stereocenters. The molecule has 1 amide bonds. The summed E-state index contributed by atoms with van der Waals surface area (Å²) in [7, 11) is -4.44. The SMILES string of the molecule is CCCCCCC(=O)N(Cc1ccc(OS(=O)(=O)c2cccc(C(F)(F)F)c2)cc1)C(C)CC. The Morgan fingerprint density at radius 3 is 2.29 bits per heavy atom.